The van der Waals surface area contributed by atoms with E-state index < -0.39 is 0 Å². The molecule has 84 valence electrons. The molecule has 1 heterocycles. The SMILES string of the molecule is C[N+](C)=c1ccc2cc3ccccc3[se]c-2c1. The van der Waals surface area contributed by atoms with Gasteiger partial charge in [0.1, 0.15) is 0 Å². The van der Waals surface area contributed by atoms with Crippen molar-refractivity contribution in [3.8, 4) is 10.0 Å². The van der Waals surface area contributed by atoms with Gasteiger partial charge in [0.15, 0.2) is 0 Å². The van der Waals surface area contributed by atoms with Crippen LogP contribution < -0.4 is 9.93 Å². The number of benzene rings is 2. The van der Waals surface area contributed by atoms with Crippen LogP contribution >= 0.6 is 0 Å². The van der Waals surface area contributed by atoms with Gasteiger partial charge < -0.3 is 0 Å². The van der Waals surface area contributed by atoms with Crippen molar-refractivity contribution in [2.75, 3.05) is 14.1 Å². The van der Waals surface area contributed by atoms with Gasteiger partial charge in [-0.1, -0.05) is 0 Å². The van der Waals surface area contributed by atoms with E-state index in [2.05, 4.69) is 67.2 Å². The van der Waals surface area contributed by atoms with E-state index in [1.807, 2.05) is 0 Å². The first-order valence-corrected chi connectivity index (χ1v) is 7.38. The standard InChI is InChI=1S/C15H14NSe/c1-16(2)13-8-7-12-9-11-5-3-4-6-14(11)17-15(12)10-13/h3-10H,1-2H3/q+1. The molecule has 0 fully saturated rings. The molecule has 0 aromatic heterocycles. The Bertz CT molecular complexity index is 720. The van der Waals surface area contributed by atoms with E-state index in [0.717, 1.165) is 0 Å². The fourth-order valence-electron chi connectivity index (χ4n) is 1.99. The number of hydrogen-bond acceptors (Lipinski definition) is 0. The molecule has 0 spiro atoms. The van der Waals surface area contributed by atoms with Gasteiger partial charge in [-0.3, -0.25) is 0 Å². The summed E-state index contributed by atoms with van der Waals surface area (Å²) in [4.78, 5) is 0. The molecule has 0 saturated heterocycles. The first-order chi connectivity index (χ1) is 8.24. The van der Waals surface area contributed by atoms with Gasteiger partial charge in [0.05, 0.1) is 0 Å². The van der Waals surface area contributed by atoms with Gasteiger partial charge in [0.25, 0.3) is 0 Å². The number of rotatable bonds is 0. The first kappa shape index (κ1) is 10.8. The maximum absolute atomic E-state index is 2.32. The van der Waals surface area contributed by atoms with Gasteiger partial charge in [-0.25, -0.2) is 0 Å². The fourth-order valence-corrected chi connectivity index (χ4v) is 4.20. The van der Waals surface area contributed by atoms with E-state index in [0.29, 0.717) is 14.5 Å². The summed E-state index contributed by atoms with van der Waals surface area (Å²) in [6.07, 6.45) is 0. The number of hydrogen-bond donors (Lipinski definition) is 0. The molecule has 1 aromatic rings. The zero-order valence-corrected chi connectivity index (χ0v) is 11.7. The predicted molar refractivity (Wildman–Crippen MR) is 74.6 cm³/mol. The van der Waals surface area contributed by atoms with Gasteiger partial charge in [-0.15, -0.1) is 0 Å². The number of nitrogens with zero attached hydrogens (tertiary/aromatic N) is 1. The van der Waals surface area contributed by atoms with Crippen LogP contribution in [0.1, 0.15) is 0 Å². The average Bonchev–Trinajstić information content (AvgIpc) is 2.35. The van der Waals surface area contributed by atoms with E-state index >= 15 is 0 Å². The third-order valence-corrected chi connectivity index (χ3v) is 5.41. The molecule has 0 N–H and O–H groups in total. The Hall–Kier alpha value is -1.37. The summed E-state index contributed by atoms with van der Waals surface area (Å²) < 4.78 is 5.14. The molecule has 2 aliphatic rings. The Morgan fingerprint density at radius 2 is 1.76 bits per heavy atom. The van der Waals surface area contributed by atoms with Crippen molar-refractivity contribution in [1.29, 1.82) is 0 Å². The van der Waals surface area contributed by atoms with Crippen LogP contribution in [0.4, 0.5) is 0 Å². The Morgan fingerprint density at radius 3 is 2.59 bits per heavy atom. The topological polar surface area (TPSA) is 3.01 Å². The molecule has 17 heavy (non-hydrogen) atoms. The minimum absolute atomic E-state index is 0.437. The van der Waals surface area contributed by atoms with Crippen molar-refractivity contribution < 1.29 is 0 Å². The molecular weight excluding hydrogens is 273 g/mol. The summed E-state index contributed by atoms with van der Waals surface area (Å²) in [6, 6.07) is 17.8. The van der Waals surface area contributed by atoms with Crippen LogP contribution in [0.25, 0.3) is 19.6 Å². The van der Waals surface area contributed by atoms with E-state index in [1.54, 1.807) is 0 Å². The van der Waals surface area contributed by atoms with Crippen LogP contribution in [0.15, 0.2) is 48.5 Å². The molecular formula is C15H14NSe+. The summed E-state index contributed by atoms with van der Waals surface area (Å²) >= 11 is 0.437. The molecule has 1 aliphatic carbocycles. The second kappa shape index (κ2) is 4.14. The van der Waals surface area contributed by atoms with Crippen molar-refractivity contribution in [2.45, 2.75) is 0 Å². The quantitative estimate of drug-likeness (QED) is 0.338. The number of fused-ring (bicyclic) bond motifs is 2. The minimum atomic E-state index is 0.437. The molecule has 0 atom stereocenters. The summed E-state index contributed by atoms with van der Waals surface area (Å²) in [7, 11) is 4.18. The van der Waals surface area contributed by atoms with E-state index in [9.17, 15) is 0 Å². The van der Waals surface area contributed by atoms with Crippen molar-refractivity contribution >= 4 is 24.1 Å². The second-order valence-corrected chi connectivity index (χ2v) is 6.67. The second-order valence-electron chi connectivity index (χ2n) is 4.40. The van der Waals surface area contributed by atoms with Gasteiger partial charge in [-0.05, 0) is 0 Å². The summed E-state index contributed by atoms with van der Waals surface area (Å²) in [6.45, 7) is 0. The van der Waals surface area contributed by atoms with Gasteiger partial charge >= 0.3 is 107 Å². The van der Waals surface area contributed by atoms with E-state index in [1.165, 1.54) is 25.0 Å². The van der Waals surface area contributed by atoms with Gasteiger partial charge in [0.2, 0.25) is 0 Å². The monoisotopic (exact) mass is 288 g/mol. The van der Waals surface area contributed by atoms with E-state index in [-0.39, 0.29) is 0 Å². The molecule has 1 nitrogen and oxygen atoms in total. The van der Waals surface area contributed by atoms with Crippen molar-refractivity contribution in [3.05, 3.63) is 53.9 Å². The Labute approximate surface area is 107 Å². The zero-order valence-electron chi connectivity index (χ0n) is 9.97. The average molecular weight is 287 g/mol. The molecule has 0 saturated carbocycles. The fraction of sp³-hybridized carbons (Fsp3) is 0.133. The molecule has 0 amide bonds. The van der Waals surface area contributed by atoms with Crippen molar-refractivity contribution in [3.63, 3.8) is 0 Å². The molecule has 0 bridgehead atoms. The van der Waals surface area contributed by atoms with Crippen LogP contribution in [0.2, 0.25) is 0 Å². The van der Waals surface area contributed by atoms with Gasteiger partial charge in [0, 0.05) is 0 Å². The normalized spacial score (nSPS) is 10.9. The predicted octanol–water partition coefficient (Wildman–Crippen LogP) is 2.03. The molecule has 0 unspecified atom stereocenters. The molecule has 0 radical (unpaired) electrons. The molecule has 3 rings (SSSR count). The first-order valence-electron chi connectivity index (χ1n) is 5.67. The maximum atomic E-state index is 2.32. The van der Waals surface area contributed by atoms with Crippen molar-refractivity contribution in [2.24, 2.45) is 0 Å². The van der Waals surface area contributed by atoms with Crippen LogP contribution in [0, 0.1) is 0 Å². The van der Waals surface area contributed by atoms with Crippen LogP contribution in [-0.2, 0) is 0 Å². The Kier molecular flexibility index (Phi) is 2.62. The van der Waals surface area contributed by atoms with Crippen LogP contribution in [-0.4, -0.2) is 28.6 Å². The molecule has 2 heteroatoms. The Morgan fingerprint density at radius 1 is 0.941 bits per heavy atom. The zero-order chi connectivity index (χ0) is 11.8. The Balaban J connectivity index is 2.42. The third-order valence-electron chi connectivity index (χ3n) is 2.96. The summed E-state index contributed by atoms with van der Waals surface area (Å²) in [5, 5.41) is 2.68. The van der Waals surface area contributed by atoms with Crippen molar-refractivity contribution in [1.82, 2.24) is 4.58 Å². The third kappa shape index (κ3) is 1.95. The van der Waals surface area contributed by atoms with E-state index in [4.69, 9.17) is 0 Å². The summed E-state index contributed by atoms with van der Waals surface area (Å²) in [5.41, 5.74) is 1.38. The molecule has 1 aromatic carbocycles. The van der Waals surface area contributed by atoms with Gasteiger partial charge in [-0.2, -0.15) is 0 Å². The van der Waals surface area contributed by atoms with Crippen LogP contribution in [0.5, 0.6) is 0 Å². The summed E-state index contributed by atoms with van der Waals surface area (Å²) in [5.74, 6) is 0. The van der Waals surface area contributed by atoms with Crippen LogP contribution in [0.3, 0.4) is 0 Å². The molecule has 1 aliphatic heterocycles.